The first-order valence-electron chi connectivity index (χ1n) is 6.40. The molecule has 1 aromatic heterocycles. The second-order valence-corrected chi connectivity index (χ2v) is 5.60. The number of nitriles is 1. The third kappa shape index (κ3) is 3.15. The van der Waals surface area contributed by atoms with Crippen molar-refractivity contribution in [2.45, 2.75) is 13.5 Å². The summed E-state index contributed by atoms with van der Waals surface area (Å²) in [7, 11) is 1.54. The molecule has 0 unspecified atom stereocenters. The van der Waals surface area contributed by atoms with Crippen LogP contribution in [0.25, 0.3) is 0 Å². The van der Waals surface area contributed by atoms with E-state index in [4.69, 9.17) is 11.0 Å². The Hall–Kier alpha value is -2.52. The van der Waals surface area contributed by atoms with Crippen molar-refractivity contribution in [1.29, 1.82) is 5.26 Å². The Morgan fingerprint density at radius 2 is 2.05 bits per heavy atom. The fraction of sp³-hybridized carbons (Fsp3) is 0.200. The van der Waals surface area contributed by atoms with Gasteiger partial charge in [0.05, 0.1) is 11.3 Å². The number of carbonyl (C=O) groups excluding carboxylic acids is 1. The Morgan fingerprint density at radius 3 is 2.62 bits per heavy atom. The molecule has 0 aliphatic rings. The molecule has 1 amide bonds. The molecule has 1 heterocycles. The standard InChI is InChI=1S/C15H16N4OS/c1-9-3-5-10(6-4-9)8-19-15-12(14(20)18-2)13(17)11(7-16)21-15/h3-6,19H,8,17H2,1-2H3,(H,18,20). The minimum absolute atomic E-state index is 0.230. The lowest BCUT2D eigenvalue weighted by molar-refractivity contribution is 0.0965. The Morgan fingerprint density at radius 1 is 1.38 bits per heavy atom. The van der Waals surface area contributed by atoms with Crippen molar-refractivity contribution in [3.63, 3.8) is 0 Å². The van der Waals surface area contributed by atoms with Gasteiger partial charge in [-0.15, -0.1) is 11.3 Å². The average molecular weight is 300 g/mol. The van der Waals surface area contributed by atoms with Crippen LogP contribution in [-0.4, -0.2) is 13.0 Å². The van der Waals surface area contributed by atoms with Gasteiger partial charge in [-0.25, -0.2) is 0 Å². The van der Waals surface area contributed by atoms with Crippen molar-refractivity contribution in [2.24, 2.45) is 0 Å². The molecule has 0 bridgehead atoms. The summed E-state index contributed by atoms with van der Waals surface area (Å²) in [5.41, 5.74) is 8.72. The summed E-state index contributed by atoms with van der Waals surface area (Å²) in [6, 6.07) is 10.1. The molecule has 0 aliphatic carbocycles. The van der Waals surface area contributed by atoms with Gasteiger partial charge in [0.1, 0.15) is 15.9 Å². The van der Waals surface area contributed by atoms with E-state index in [0.717, 1.165) is 5.56 Å². The fourth-order valence-corrected chi connectivity index (χ4v) is 2.80. The fourth-order valence-electron chi connectivity index (χ4n) is 1.89. The molecule has 0 saturated carbocycles. The van der Waals surface area contributed by atoms with Gasteiger partial charge in [0.25, 0.3) is 5.91 Å². The molecule has 108 valence electrons. The van der Waals surface area contributed by atoms with Crippen molar-refractivity contribution in [3.05, 3.63) is 45.8 Å². The van der Waals surface area contributed by atoms with E-state index in [0.29, 0.717) is 22.0 Å². The zero-order valence-electron chi connectivity index (χ0n) is 11.9. The van der Waals surface area contributed by atoms with Crippen LogP contribution >= 0.6 is 11.3 Å². The van der Waals surface area contributed by atoms with Gasteiger partial charge in [0.2, 0.25) is 0 Å². The number of rotatable bonds is 4. The summed E-state index contributed by atoms with van der Waals surface area (Å²) in [6.07, 6.45) is 0. The molecule has 4 N–H and O–H groups in total. The Balaban J connectivity index is 2.25. The zero-order chi connectivity index (χ0) is 15.4. The first kappa shape index (κ1) is 14.9. The van der Waals surface area contributed by atoms with E-state index in [-0.39, 0.29) is 11.6 Å². The molecular formula is C15H16N4OS. The van der Waals surface area contributed by atoms with E-state index >= 15 is 0 Å². The summed E-state index contributed by atoms with van der Waals surface area (Å²) < 4.78 is 0. The van der Waals surface area contributed by atoms with Crippen LogP contribution in [0.15, 0.2) is 24.3 Å². The number of amides is 1. The highest BCUT2D eigenvalue weighted by atomic mass is 32.1. The van der Waals surface area contributed by atoms with E-state index in [1.165, 1.54) is 23.9 Å². The number of nitrogens with two attached hydrogens (primary N) is 1. The lowest BCUT2D eigenvalue weighted by Gasteiger charge is -2.07. The van der Waals surface area contributed by atoms with Gasteiger partial charge in [0, 0.05) is 13.6 Å². The Kier molecular flexibility index (Phi) is 4.45. The predicted octanol–water partition coefficient (Wildman–Crippen LogP) is 2.48. The van der Waals surface area contributed by atoms with Gasteiger partial charge in [-0.1, -0.05) is 29.8 Å². The maximum absolute atomic E-state index is 11.9. The molecule has 21 heavy (non-hydrogen) atoms. The van der Waals surface area contributed by atoms with E-state index < -0.39 is 0 Å². The highest BCUT2D eigenvalue weighted by Crippen LogP contribution is 2.35. The molecule has 2 rings (SSSR count). The number of hydrogen-bond donors (Lipinski definition) is 3. The van der Waals surface area contributed by atoms with E-state index in [9.17, 15) is 4.79 Å². The van der Waals surface area contributed by atoms with Crippen LogP contribution in [0.3, 0.4) is 0 Å². The molecule has 0 spiro atoms. The molecule has 0 saturated heterocycles. The Labute approximate surface area is 127 Å². The molecule has 5 nitrogen and oxygen atoms in total. The minimum Gasteiger partial charge on any atom is -0.396 e. The summed E-state index contributed by atoms with van der Waals surface area (Å²) in [4.78, 5) is 12.3. The van der Waals surface area contributed by atoms with Gasteiger partial charge < -0.3 is 16.4 Å². The average Bonchev–Trinajstić information content (AvgIpc) is 2.82. The number of carbonyl (C=O) groups is 1. The molecule has 0 atom stereocenters. The van der Waals surface area contributed by atoms with Crippen LogP contribution in [0.1, 0.15) is 26.4 Å². The quantitative estimate of drug-likeness (QED) is 0.809. The van der Waals surface area contributed by atoms with Gasteiger partial charge >= 0.3 is 0 Å². The topological polar surface area (TPSA) is 90.9 Å². The molecule has 0 aliphatic heterocycles. The second kappa shape index (κ2) is 6.29. The van der Waals surface area contributed by atoms with Gasteiger partial charge in [-0.05, 0) is 12.5 Å². The highest BCUT2D eigenvalue weighted by Gasteiger charge is 2.21. The van der Waals surface area contributed by atoms with Crippen LogP contribution in [0.5, 0.6) is 0 Å². The number of hydrogen-bond acceptors (Lipinski definition) is 5. The summed E-state index contributed by atoms with van der Waals surface area (Å²) >= 11 is 1.19. The Bertz CT molecular complexity index is 698. The maximum Gasteiger partial charge on any atom is 0.256 e. The first-order chi connectivity index (χ1) is 10.1. The molecule has 2 aromatic rings. The van der Waals surface area contributed by atoms with Crippen LogP contribution in [0.4, 0.5) is 10.7 Å². The monoisotopic (exact) mass is 300 g/mol. The molecular weight excluding hydrogens is 284 g/mol. The zero-order valence-corrected chi connectivity index (χ0v) is 12.7. The molecule has 0 fully saturated rings. The SMILES string of the molecule is CNC(=O)c1c(NCc2ccc(C)cc2)sc(C#N)c1N. The van der Waals surface area contributed by atoms with E-state index in [2.05, 4.69) is 10.6 Å². The van der Waals surface area contributed by atoms with Crippen LogP contribution < -0.4 is 16.4 Å². The normalized spacial score (nSPS) is 9.95. The number of thiophene rings is 1. The number of nitrogen functional groups attached to an aromatic ring is 1. The van der Waals surface area contributed by atoms with Crippen molar-refractivity contribution < 1.29 is 4.79 Å². The second-order valence-electron chi connectivity index (χ2n) is 4.58. The van der Waals surface area contributed by atoms with E-state index in [1.807, 2.05) is 37.3 Å². The minimum atomic E-state index is -0.295. The smallest absolute Gasteiger partial charge is 0.256 e. The van der Waals surface area contributed by atoms with Crippen LogP contribution in [-0.2, 0) is 6.54 Å². The summed E-state index contributed by atoms with van der Waals surface area (Å²) in [6.45, 7) is 2.59. The largest absolute Gasteiger partial charge is 0.396 e. The van der Waals surface area contributed by atoms with Crippen molar-refractivity contribution in [3.8, 4) is 6.07 Å². The first-order valence-corrected chi connectivity index (χ1v) is 7.22. The van der Waals surface area contributed by atoms with Crippen molar-refractivity contribution in [2.75, 3.05) is 18.1 Å². The number of anilines is 2. The van der Waals surface area contributed by atoms with Gasteiger partial charge in [0.15, 0.2) is 0 Å². The summed E-state index contributed by atoms with van der Waals surface area (Å²) in [5, 5.41) is 15.4. The third-order valence-corrected chi connectivity index (χ3v) is 4.14. The van der Waals surface area contributed by atoms with Gasteiger partial charge in [-0.2, -0.15) is 5.26 Å². The van der Waals surface area contributed by atoms with Gasteiger partial charge in [-0.3, -0.25) is 4.79 Å². The van der Waals surface area contributed by atoms with E-state index in [1.54, 1.807) is 0 Å². The summed E-state index contributed by atoms with van der Waals surface area (Å²) in [5.74, 6) is -0.295. The third-order valence-electron chi connectivity index (χ3n) is 3.07. The van der Waals surface area contributed by atoms with Crippen LogP contribution in [0, 0.1) is 18.3 Å². The van der Waals surface area contributed by atoms with Crippen molar-refractivity contribution >= 4 is 27.9 Å². The predicted molar refractivity (Wildman–Crippen MR) is 85.3 cm³/mol. The number of benzene rings is 1. The number of nitrogens with one attached hydrogen (secondary N) is 2. The molecule has 6 heteroatoms. The number of nitrogens with zero attached hydrogens (tertiary/aromatic N) is 1. The highest BCUT2D eigenvalue weighted by molar-refractivity contribution is 7.17. The lowest BCUT2D eigenvalue weighted by atomic mass is 10.1. The van der Waals surface area contributed by atoms with Crippen molar-refractivity contribution in [1.82, 2.24) is 5.32 Å². The lowest BCUT2D eigenvalue weighted by Crippen LogP contribution is -2.20. The van der Waals surface area contributed by atoms with Crippen LogP contribution in [0.2, 0.25) is 0 Å². The maximum atomic E-state index is 11.9. The molecule has 0 radical (unpaired) electrons. The molecule has 1 aromatic carbocycles. The number of aryl methyl sites for hydroxylation is 1.